The van der Waals surface area contributed by atoms with Gasteiger partial charge >= 0.3 is 0 Å². The van der Waals surface area contributed by atoms with Gasteiger partial charge in [-0.15, -0.1) is 22.7 Å². The van der Waals surface area contributed by atoms with Crippen molar-refractivity contribution >= 4 is 34.3 Å². The second-order valence-corrected chi connectivity index (χ2v) is 5.11. The normalized spacial score (nSPS) is 13.1. The van der Waals surface area contributed by atoms with Crippen LogP contribution in [0.3, 0.4) is 0 Å². The van der Waals surface area contributed by atoms with Crippen molar-refractivity contribution in [3.05, 3.63) is 37.9 Å². The summed E-state index contributed by atoms with van der Waals surface area (Å²) in [4.78, 5) is 5.61. The Labute approximate surface area is 88.5 Å². The smallest absolute Gasteiger partial charge is 0.124 e. The fourth-order valence-electron chi connectivity index (χ4n) is 0.976. The Hall–Kier alpha value is -0.420. The lowest BCUT2D eigenvalue weighted by atomic mass is 10.3. The molecule has 2 nitrogen and oxygen atoms in total. The van der Waals surface area contributed by atoms with E-state index >= 15 is 0 Å². The summed E-state index contributed by atoms with van der Waals surface area (Å²) >= 11 is 8.59. The molecule has 1 N–H and O–H groups in total. The zero-order valence-corrected chi connectivity index (χ0v) is 8.86. The lowest BCUT2D eigenvalue weighted by Crippen LogP contribution is -1.92. The first-order chi connectivity index (χ1) is 6.27. The number of hydrogen-bond acceptors (Lipinski definition) is 4. The minimum atomic E-state index is -0.579. The third-order valence-electron chi connectivity index (χ3n) is 1.58. The zero-order valence-electron chi connectivity index (χ0n) is 6.48. The number of aliphatic hydroxyl groups is 1. The van der Waals surface area contributed by atoms with E-state index in [0.717, 1.165) is 9.75 Å². The highest BCUT2D eigenvalue weighted by Crippen LogP contribution is 2.31. The van der Waals surface area contributed by atoms with Crippen molar-refractivity contribution in [2.24, 2.45) is 0 Å². The van der Waals surface area contributed by atoms with Crippen LogP contribution < -0.4 is 0 Å². The van der Waals surface area contributed by atoms with Gasteiger partial charge in [0.2, 0.25) is 0 Å². The molecule has 2 aromatic rings. The molecule has 0 spiro atoms. The molecule has 0 aliphatic rings. The highest BCUT2D eigenvalue weighted by atomic mass is 35.5. The molecule has 5 heteroatoms. The van der Waals surface area contributed by atoms with Crippen LogP contribution in [0.1, 0.15) is 15.9 Å². The van der Waals surface area contributed by atoms with Gasteiger partial charge in [0.15, 0.2) is 0 Å². The van der Waals surface area contributed by atoms with E-state index < -0.39 is 6.10 Å². The fourth-order valence-corrected chi connectivity index (χ4v) is 2.74. The predicted octanol–water partition coefficient (Wildman–Crippen LogP) is 2.94. The van der Waals surface area contributed by atoms with E-state index in [-0.39, 0.29) is 0 Å². The third kappa shape index (κ3) is 1.91. The lowest BCUT2D eigenvalue weighted by Gasteiger charge is -2.03. The molecule has 0 radical (unpaired) electrons. The van der Waals surface area contributed by atoms with Gasteiger partial charge in [0.1, 0.15) is 6.10 Å². The van der Waals surface area contributed by atoms with Gasteiger partial charge < -0.3 is 5.11 Å². The first-order valence-corrected chi connectivity index (χ1v) is 5.66. The SMILES string of the molecule is OC(c1cncs1)c1ccc(Cl)s1. The minimum Gasteiger partial charge on any atom is -0.382 e. The van der Waals surface area contributed by atoms with Crippen molar-refractivity contribution in [3.8, 4) is 0 Å². The molecule has 0 bridgehead atoms. The number of aromatic nitrogens is 1. The molecule has 2 heterocycles. The van der Waals surface area contributed by atoms with Crippen molar-refractivity contribution in [2.45, 2.75) is 6.10 Å². The Balaban J connectivity index is 2.28. The van der Waals surface area contributed by atoms with Crippen LogP contribution in [-0.2, 0) is 0 Å². The molecule has 0 aliphatic carbocycles. The second-order valence-electron chi connectivity index (χ2n) is 2.45. The number of thiazole rings is 1. The van der Waals surface area contributed by atoms with Crippen molar-refractivity contribution in [2.75, 3.05) is 0 Å². The predicted molar refractivity (Wildman–Crippen MR) is 55.5 cm³/mol. The molecular weight excluding hydrogens is 226 g/mol. The van der Waals surface area contributed by atoms with E-state index in [0.29, 0.717) is 4.34 Å². The summed E-state index contributed by atoms with van der Waals surface area (Å²) in [7, 11) is 0. The van der Waals surface area contributed by atoms with E-state index in [1.165, 1.54) is 22.7 Å². The molecule has 0 fully saturated rings. The Bertz CT molecular complexity index is 385. The Morgan fingerprint density at radius 3 is 2.77 bits per heavy atom. The van der Waals surface area contributed by atoms with Crippen molar-refractivity contribution < 1.29 is 5.11 Å². The van der Waals surface area contributed by atoms with E-state index in [1.807, 2.05) is 6.07 Å². The zero-order chi connectivity index (χ0) is 9.26. The summed E-state index contributed by atoms with van der Waals surface area (Å²) in [5.74, 6) is 0. The monoisotopic (exact) mass is 231 g/mol. The van der Waals surface area contributed by atoms with Gasteiger partial charge in [-0.05, 0) is 12.1 Å². The van der Waals surface area contributed by atoms with Crippen LogP contribution in [0, 0.1) is 0 Å². The van der Waals surface area contributed by atoms with Crippen LogP contribution in [0.25, 0.3) is 0 Å². The highest BCUT2D eigenvalue weighted by molar-refractivity contribution is 7.16. The quantitative estimate of drug-likeness (QED) is 0.862. The maximum absolute atomic E-state index is 9.82. The molecule has 68 valence electrons. The highest BCUT2D eigenvalue weighted by Gasteiger charge is 2.13. The van der Waals surface area contributed by atoms with Crippen LogP contribution in [0.2, 0.25) is 4.34 Å². The van der Waals surface area contributed by atoms with E-state index in [9.17, 15) is 5.11 Å². The molecule has 1 unspecified atom stereocenters. The first-order valence-electron chi connectivity index (χ1n) is 3.59. The van der Waals surface area contributed by atoms with Crippen molar-refractivity contribution in [1.29, 1.82) is 0 Å². The summed E-state index contributed by atoms with van der Waals surface area (Å²) < 4.78 is 0.693. The molecule has 2 rings (SSSR count). The molecule has 0 amide bonds. The summed E-state index contributed by atoms with van der Waals surface area (Å²) in [5, 5.41) is 9.82. The van der Waals surface area contributed by atoms with E-state index in [1.54, 1.807) is 17.8 Å². The largest absolute Gasteiger partial charge is 0.382 e. The number of thiophene rings is 1. The van der Waals surface area contributed by atoms with Crippen LogP contribution >= 0.6 is 34.3 Å². The molecule has 0 saturated heterocycles. The standard InChI is InChI=1S/C8H6ClNOS2/c9-7-2-1-5(13-7)8(11)6-3-10-4-12-6/h1-4,8,11H. The topological polar surface area (TPSA) is 33.1 Å². The average molecular weight is 232 g/mol. The third-order valence-corrected chi connectivity index (χ3v) is 3.70. The molecule has 0 saturated carbocycles. The van der Waals surface area contributed by atoms with E-state index in [2.05, 4.69) is 4.98 Å². The minimum absolute atomic E-state index is 0.579. The van der Waals surface area contributed by atoms with Gasteiger partial charge in [0.05, 0.1) is 14.7 Å². The molecule has 2 aromatic heterocycles. The van der Waals surface area contributed by atoms with Crippen molar-refractivity contribution in [1.82, 2.24) is 4.98 Å². The van der Waals surface area contributed by atoms with Gasteiger partial charge in [0.25, 0.3) is 0 Å². The maximum Gasteiger partial charge on any atom is 0.124 e. The molecule has 1 atom stereocenters. The van der Waals surface area contributed by atoms with Crippen LogP contribution in [-0.4, -0.2) is 10.1 Å². The second kappa shape index (κ2) is 3.75. The maximum atomic E-state index is 9.82. The molecular formula is C8H6ClNOS2. The molecule has 0 aromatic carbocycles. The molecule has 0 aliphatic heterocycles. The summed E-state index contributed by atoms with van der Waals surface area (Å²) in [6.07, 6.45) is 1.09. The van der Waals surface area contributed by atoms with Crippen molar-refractivity contribution in [3.63, 3.8) is 0 Å². The van der Waals surface area contributed by atoms with Crippen LogP contribution in [0.5, 0.6) is 0 Å². The first kappa shape index (κ1) is 9.15. The van der Waals surface area contributed by atoms with Gasteiger partial charge in [-0.2, -0.15) is 0 Å². The number of hydrogen-bond donors (Lipinski definition) is 1. The van der Waals surface area contributed by atoms with Gasteiger partial charge in [-0.25, -0.2) is 0 Å². The number of rotatable bonds is 2. The van der Waals surface area contributed by atoms with Gasteiger partial charge in [0, 0.05) is 11.1 Å². The van der Waals surface area contributed by atoms with Gasteiger partial charge in [-0.3, -0.25) is 4.98 Å². The van der Waals surface area contributed by atoms with Crippen LogP contribution in [0.4, 0.5) is 0 Å². The average Bonchev–Trinajstić information content (AvgIpc) is 2.72. The molecule has 13 heavy (non-hydrogen) atoms. The van der Waals surface area contributed by atoms with Crippen LogP contribution in [0.15, 0.2) is 23.8 Å². The number of halogens is 1. The lowest BCUT2D eigenvalue weighted by molar-refractivity contribution is 0.228. The fraction of sp³-hybridized carbons (Fsp3) is 0.125. The number of aliphatic hydroxyl groups excluding tert-OH is 1. The van der Waals surface area contributed by atoms with E-state index in [4.69, 9.17) is 11.6 Å². The Kier molecular flexibility index (Phi) is 2.64. The summed E-state index contributed by atoms with van der Waals surface area (Å²) in [5.41, 5.74) is 1.70. The number of nitrogens with zero attached hydrogens (tertiary/aromatic N) is 1. The van der Waals surface area contributed by atoms with Gasteiger partial charge in [-0.1, -0.05) is 11.6 Å². The summed E-state index contributed by atoms with van der Waals surface area (Å²) in [6.45, 7) is 0. The Morgan fingerprint density at radius 1 is 1.38 bits per heavy atom. The summed E-state index contributed by atoms with van der Waals surface area (Å²) in [6, 6.07) is 3.61. The Morgan fingerprint density at radius 2 is 2.23 bits per heavy atom.